The van der Waals surface area contributed by atoms with E-state index in [0.29, 0.717) is 16.7 Å². The first-order valence-electron chi connectivity index (χ1n) is 5.99. The predicted octanol–water partition coefficient (Wildman–Crippen LogP) is 3.04. The van der Waals surface area contributed by atoms with Crippen LogP contribution in [0.2, 0.25) is 5.02 Å². The summed E-state index contributed by atoms with van der Waals surface area (Å²) in [5.74, 6) is 0. The van der Waals surface area contributed by atoms with Crippen molar-refractivity contribution in [3.63, 3.8) is 0 Å². The minimum Gasteiger partial charge on any atom is -0.358 e. The van der Waals surface area contributed by atoms with E-state index in [4.69, 9.17) is 23.8 Å². The quantitative estimate of drug-likeness (QED) is 0.851. The predicted molar refractivity (Wildman–Crippen MR) is 82.4 cm³/mol. The second-order valence-electron chi connectivity index (χ2n) is 3.99. The number of aromatic nitrogens is 2. The molecule has 0 saturated carbocycles. The molecule has 1 aromatic carbocycles. The van der Waals surface area contributed by atoms with Crippen molar-refractivity contribution in [3.05, 3.63) is 47.2 Å². The van der Waals surface area contributed by atoms with Crippen molar-refractivity contribution in [2.75, 3.05) is 5.32 Å². The van der Waals surface area contributed by atoms with Crippen LogP contribution in [0.4, 0.5) is 5.69 Å². The normalized spacial score (nSPS) is 10.2. The zero-order chi connectivity index (χ0) is 13.7. The smallest absolute Gasteiger partial charge is 0.171 e. The van der Waals surface area contributed by atoms with Crippen molar-refractivity contribution in [2.24, 2.45) is 0 Å². The Balaban J connectivity index is 1.86. The van der Waals surface area contributed by atoms with Gasteiger partial charge < -0.3 is 10.6 Å². The summed E-state index contributed by atoms with van der Waals surface area (Å²) < 4.78 is 1.88. The lowest BCUT2D eigenvalue weighted by Gasteiger charge is -2.10. The van der Waals surface area contributed by atoms with E-state index in [1.165, 1.54) is 0 Å². The van der Waals surface area contributed by atoms with Gasteiger partial charge in [0.25, 0.3) is 0 Å². The fourth-order valence-electron chi connectivity index (χ4n) is 1.58. The first-order valence-corrected chi connectivity index (χ1v) is 6.78. The zero-order valence-corrected chi connectivity index (χ0v) is 12.1. The standard InChI is InChI=1S/C13H15ClN4S/c1-2-18-9-10(8-16-18)7-15-13(19)17-12-6-4-3-5-11(12)14/h3-6,8-9H,2,7H2,1H3,(H2,15,17,19). The molecule has 0 aliphatic rings. The number of anilines is 1. The molecule has 4 nitrogen and oxygen atoms in total. The summed E-state index contributed by atoms with van der Waals surface area (Å²) in [5, 5.41) is 11.6. The molecule has 19 heavy (non-hydrogen) atoms. The van der Waals surface area contributed by atoms with Crippen molar-refractivity contribution < 1.29 is 0 Å². The largest absolute Gasteiger partial charge is 0.358 e. The van der Waals surface area contributed by atoms with Gasteiger partial charge in [-0.15, -0.1) is 0 Å². The van der Waals surface area contributed by atoms with Crippen LogP contribution in [0.3, 0.4) is 0 Å². The van der Waals surface area contributed by atoms with Crippen LogP contribution in [0.15, 0.2) is 36.7 Å². The second kappa shape index (κ2) is 6.54. The van der Waals surface area contributed by atoms with Crippen molar-refractivity contribution >= 4 is 34.6 Å². The number of halogens is 1. The summed E-state index contributed by atoms with van der Waals surface area (Å²) in [6.07, 6.45) is 3.82. The summed E-state index contributed by atoms with van der Waals surface area (Å²) in [5.41, 5.74) is 1.89. The molecular formula is C13H15ClN4S. The summed E-state index contributed by atoms with van der Waals surface area (Å²) >= 11 is 11.3. The van der Waals surface area contributed by atoms with Crippen molar-refractivity contribution in [2.45, 2.75) is 20.0 Å². The van der Waals surface area contributed by atoms with Crippen LogP contribution in [0, 0.1) is 0 Å². The summed E-state index contributed by atoms with van der Waals surface area (Å²) in [7, 11) is 0. The third kappa shape index (κ3) is 3.94. The Bertz CT molecular complexity index is 567. The van der Waals surface area contributed by atoms with Crippen LogP contribution in [-0.4, -0.2) is 14.9 Å². The maximum absolute atomic E-state index is 6.04. The highest BCUT2D eigenvalue weighted by Gasteiger charge is 2.02. The number of nitrogens with one attached hydrogen (secondary N) is 2. The lowest BCUT2D eigenvalue weighted by Crippen LogP contribution is -2.27. The van der Waals surface area contributed by atoms with E-state index in [9.17, 15) is 0 Å². The molecule has 100 valence electrons. The Morgan fingerprint density at radius 3 is 2.89 bits per heavy atom. The zero-order valence-electron chi connectivity index (χ0n) is 10.6. The summed E-state index contributed by atoms with van der Waals surface area (Å²) in [6.45, 7) is 3.55. The molecule has 0 radical (unpaired) electrons. The van der Waals surface area contributed by atoms with Crippen molar-refractivity contribution in [1.82, 2.24) is 15.1 Å². The first-order chi connectivity index (χ1) is 9.19. The molecule has 1 heterocycles. The lowest BCUT2D eigenvalue weighted by atomic mass is 10.3. The monoisotopic (exact) mass is 294 g/mol. The van der Waals surface area contributed by atoms with Crippen LogP contribution in [0.1, 0.15) is 12.5 Å². The Labute approximate surface area is 122 Å². The van der Waals surface area contributed by atoms with E-state index in [1.807, 2.05) is 48.3 Å². The Morgan fingerprint density at radius 1 is 1.42 bits per heavy atom. The lowest BCUT2D eigenvalue weighted by molar-refractivity contribution is 0.659. The highest BCUT2D eigenvalue weighted by molar-refractivity contribution is 7.80. The van der Waals surface area contributed by atoms with Crippen LogP contribution in [0.5, 0.6) is 0 Å². The molecule has 2 rings (SSSR count). The number of rotatable bonds is 4. The molecule has 0 saturated heterocycles. The molecule has 0 atom stereocenters. The van der Waals surface area contributed by atoms with Gasteiger partial charge in [0.1, 0.15) is 0 Å². The van der Waals surface area contributed by atoms with Gasteiger partial charge in [0.05, 0.1) is 16.9 Å². The maximum Gasteiger partial charge on any atom is 0.171 e. The highest BCUT2D eigenvalue weighted by Crippen LogP contribution is 2.20. The maximum atomic E-state index is 6.04. The van der Waals surface area contributed by atoms with Gasteiger partial charge in [-0.05, 0) is 31.3 Å². The van der Waals surface area contributed by atoms with E-state index in [-0.39, 0.29) is 0 Å². The van der Waals surface area contributed by atoms with Gasteiger partial charge >= 0.3 is 0 Å². The average Bonchev–Trinajstić information content (AvgIpc) is 2.87. The van der Waals surface area contributed by atoms with Gasteiger partial charge in [-0.2, -0.15) is 5.10 Å². The van der Waals surface area contributed by atoms with Gasteiger partial charge in [0, 0.05) is 24.8 Å². The van der Waals surface area contributed by atoms with Gasteiger partial charge in [0.15, 0.2) is 5.11 Å². The third-order valence-corrected chi connectivity index (χ3v) is 3.16. The van der Waals surface area contributed by atoms with E-state index in [0.717, 1.165) is 17.8 Å². The average molecular weight is 295 g/mol. The molecule has 0 aliphatic heterocycles. The number of aryl methyl sites for hydroxylation is 1. The van der Waals surface area contributed by atoms with Gasteiger partial charge in [-0.25, -0.2) is 0 Å². The molecule has 0 unspecified atom stereocenters. The molecule has 2 aromatic rings. The third-order valence-electron chi connectivity index (χ3n) is 2.59. The molecule has 0 fully saturated rings. The van der Waals surface area contributed by atoms with Gasteiger partial charge in [-0.3, -0.25) is 4.68 Å². The van der Waals surface area contributed by atoms with Crippen LogP contribution >= 0.6 is 23.8 Å². The van der Waals surface area contributed by atoms with Gasteiger partial charge in [0.2, 0.25) is 0 Å². The van der Waals surface area contributed by atoms with Crippen LogP contribution in [0.25, 0.3) is 0 Å². The Morgan fingerprint density at radius 2 is 2.21 bits per heavy atom. The van der Waals surface area contributed by atoms with E-state index < -0.39 is 0 Å². The van der Waals surface area contributed by atoms with Crippen molar-refractivity contribution in [3.8, 4) is 0 Å². The molecule has 0 amide bonds. The number of thiocarbonyl (C=S) groups is 1. The number of hydrogen-bond donors (Lipinski definition) is 2. The Kier molecular flexibility index (Phi) is 4.76. The molecule has 0 bridgehead atoms. The molecule has 1 aromatic heterocycles. The molecule has 0 aliphatic carbocycles. The molecular weight excluding hydrogens is 280 g/mol. The van der Waals surface area contributed by atoms with E-state index in [2.05, 4.69) is 15.7 Å². The molecule has 2 N–H and O–H groups in total. The highest BCUT2D eigenvalue weighted by atomic mass is 35.5. The first kappa shape index (κ1) is 13.8. The topological polar surface area (TPSA) is 41.9 Å². The van der Waals surface area contributed by atoms with Crippen LogP contribution in [-0.2, 0) is 13.1 Å². The van der Waals surface area contributed by atoms with Crippen molar-refractivity contribution in [1.29, 1.82) is 0 Å². The number of benzene rings is 1. The van der Waals surface area contributed by atoms with E-state index in [1.54, 1.807) is 0 Å². The second-order valence-corrected chi connectivity index (χ2v) is 4.81. The van der Waals surface area contributed by atoms with Gasteiger partial charge in [-0.1, -0.05) is 23.7 Å². The number of para-hydroxylation sites is 1. The summed E-state index contributed by atoms with van der Waals surface area (Å²) in [4.78, 5) is 0. The van der Waals surface area contributed by atoms with Crippen LogP contribution < -0.4 is 10.6 Å². The number of hydrogen-bond acceptors (Lipinski definition) is 2. The van der Waals surface area contributed by atoms with E-state index >= 15 is 0 Å². The number of nitrogens with zero attached hydrogens (tertiary/aromatic N) is 2. The minimum absolute atomic E-state index is 0.539. The summed E-state index contributed by atoms with van der Waals surface area (Å²) in [6, 6.07) is 7.48. The Hall–Kier alpha value is -1.59. The molecule has 6 heteroatoms. The SMILES string of the molecule is CCn1cc(CNC(=S)Nc2ccccc2Cl)cn1. The fraction of sp³-hybridized carbons (Fsp3) is 0.231. The molecule has 0 spiro atoms. The minimum atomic E-state index is 0.539. The fourth-order valence-corrected chi connectivity index (χ4v) is 1.95.